The fourth-order valence-corrected chi connectivity index (χ4v) is 3.21. The van der Waals surface area contributed by atoms with E-state index in [0.29, 0.717) is 0 Å². The van der Waals surface area contributed by atoms with E-state index in [4.69, 9.17) is 0 Å². The Labute approximate surface area is 130 Å². The first-order valence-electron chi connectivity index (χ1n) is 6.29. The van der Waals surface area contributed by atoms with Crippen molar-refractivity contribution in [1.82, 2.24) is 15.1 Å². The second-order valence-corrected chi connectivity index (χ2v) is 6.04. The van der Waals surface area contributed by atoms with E-state index in [9.17, 15) is 0 Å². The van der Waals surface area contributed by atoms with Gasteiger partial charge in [0.2, 0.25) is 0 Å². The van der Waals surface area contributed by atoms with Crippen LogP contribution in [0.25, 0.3) is 0 Å². The molecule has 1 aromatic carbocycles. The van der Waals surface area contributed by atoms with Crippen molar-refractivity contribution < 1.29 is 0 Å². The molecule has 3 nitrogen and oxygen atoms in total. The third kappa shape index (κ3) is 3.27. The lowest BCUT2D eigenvalue weighted by Crippen LogP contribution is -2.23. The third-order valence-electron chi connectivity index (χ3n) is 3.19. The average molecular weight is 387 g/mol. The molecule has 2 aromatic rings. The van der Waals surface area contributed by atoms with Crippen LogP contribution in [0.4, 0.5) is 0 Å². The van der Waals surface area contributed by atoms with Gasteiger partial charge in [0.05, 0.1) is 22.4 Å². The molecule has 0 bridgehead atoms. The molecule has 5 heteroatoms. The maximum absolute atomic E-state index is 4.39. The summed E-state index contributed by atoms with van der Waals surface area (Å²) in [5.41, 5.74) is 2.48. The van der Waals surface area contributed by atoms with E-state index in [1.54, 1.807) is 0 Å². The molecular weight excluding hydrogens is 370 g/mol. The van der Waals surface area contributed by atoms with E-state index in [1.807, 2.05) is 24.0 Å². The first kappa shape index (κ1) is 14.8. The number of nitrogens with one attached hydrogen (secondary N) is 1. The maximum Gasteiger partial charge on any atom is 0.0698 e. The van der Waals surface area contributed by atoms with Crippen molar-refractivity contribution >= 4 is 31.9 Å². The molecule has 1 N–H and O–H groups in total. The van der Waals surface area contributed by atoms with E-state index in [0.717, 1.165) is 21.9 Å². The minimum absolute atomic E-state index is 0.232. The highest BCUT2D eigenvalue weighted by Gasteiger charge is 2.19. The number of aromatic nitrogens is 2. The van der Waals surface area contributed by atoms with Gasteiger partial charge in [0.25, 0.3) is 0 Å². The summed E-state index contributed by atoms with van der Waals surface area (Å²) < 4.78 is 4.23. The van der Waals surface area contributed by atoms with Gasteiger partial charge >= 0.3 is 0 Å². The Hall–Kier alpha value is -0.650. The van der Waals surface area contributed by atoms with Crippen LogP contribution in [0.15, 0.2) is 39.4 Å². The molecule has 1 atom stereocenters. The summed E-state index contributed by atoms with van der Waals surface area (Å²) in [6.07, 6.45) is 2.78. The molecule has 2 rings (SSSR count). The Bertz CT molecular complexity index is 551. The minimum Gasteiger partial charge on any atom is -0.311 e. The van der Waals surface area contributed by atoms with E-state index in [1.165, 1.54) is 11.3 Å². The zero-order valence-corrected chi connectivity index (χ0v) is 14.2. The Morgan fingerprint density at radius 3 is 2.63 bits per heavy atom. The molecule has 0 aliphatic carbocycles. The van der Waals surface area contributed by atoms with Gasteiger partial charge in [-0.05, 0) is 48.0 Å². The predicted molar refractivity (Wildman–Crippen MR) is 85.2 cm³/mol. The molecule has 0 spiro atoms. The number of halogens is 2. The fourth-order valence-electron chi connectivity index (χ4n) is 2.19. The molecule has 19 heavy (non-hydrogen) atoms. The van der Waals surface area contributed by atoms with Crippen molar-refractivity contribution in [3.8, 4) is 0 Å². The highest BCUT2D eigenvalue weighted by Crippen LogP contribution is 2.28. The van der Waals surface area contributed by atoms with Gasteiger partial charge in [0.1, 0.15) is 0 Å². The molecule has 102 valence electrons. The van der Waals surface area contributed by atoms with Crippen molar-refractivity contribution in [2.45, 2.75) is 25.9 Å². The summed E-state index contributed by atoms with van der Waals surface area (Å²) in [5, 5.41) is 7.77. The lowest BCUT2D eigenvalue weighted by atomic mass is 10.0. The Kier molecular flexibility index (Phi) is 5.19. The highest BCUT2D eigenvalue weighted by atomic mass is 79.9. The summed E-state index contributed by atoms with van der Waals surface area (Å²) in [4.78, 5) is 0. The predicted octanol–water partition coefficient (Wildman–Crippen LogP) is 3.93. The van der Waals surface area contributed by atoms with Gasteiger partial charge in [-0.2, -0.15) is 5.10 Å². The molecule has 0 saturated heterocycles. The normalized spacial score (nSPS) is 12.6. The average Bonchev–Trinajstić information content (AvgIpc) is 2.79. The van der Waals surface area contributed by atoms with E-state index < -0.39 is 0 Å². The van der Waals surface area contributed by atoms with Gasteiger partial charge in [-0.15, -0.1) is 0 Å². The number of hydrogen-bond donors (Lipinski definition) is 1. The summed E-state index contributed by atoms with van der Waals surface area (Å²) in [6, 6.07) is 8.56. The van der Waals surface area contributed by atoms with Crippen LogP contribution in [0.2, 0.25) is 0 Å². The largest absolute Gasteiger partial charge is 0.311 e. The van der Waals surface area contributed by atoms with Crippen LogP contribution in [-0.2, 0) is 13.0 Å². The number of aryl methyl sites for hydroxylation is 1. The number of benzene rings is 1. The number of rotatable bonds is 5. The molecule has 1 aromatic heterocycles. The summed E-state index contributed by atoms with van der Waals surface area (Å²) in [7, 11) is 1.99. The Balaban J connectivity index is 2.30. The van der Waals surface area contributed by atoms with Gasteiger partial charge in [-0.25, -0.2) is 0 Å². The topological polar surface area (TPSA) is 29.9 Å². The van der Waals surface area contributed by atoms with E-state index >= 15 is 0 Å². The van der Waals surface area contributed by atoms with E-state index in [2.05, 4.69) is 67.4 Å². The molecule has 0 saturated carbocycles. The summed E-state index contributed by atoms with van der Waals surface area (Å²) >= 11 is 7.21. The van der Waals surface area contributed by atoms with Crippen molar-refractivity contribution in [3.05, 3.63) is 50.7 Å². The maximum atomic E-state index is 4.39. The zero-order valence-electron chi connectivity index (χ0n) is 11.0. The van der Waals surface area contributed by atoms with Gasteiger partial charge in [-0.3, -0.25) is 4.68 Å². The summed E-state index contributed by atoms with van der Waals surface area (Å²) in [6.45, 7) is 2.98. The van der Waals surface area contributed by atoms with Crippen molar-refractivity contribution in [3.63, 3.8) is 0 Å². The van der Waals surface area contributed by atoms with E-state index in [-0.39, 0.29) is 6.04 Å². The first-order valence-corrected chi connectivity index (χ1v) is 7.87. The van der Waals surface area contributed by atoms with Crippen LogP contribution >= 0.6 is 31.9 Å². The van der Waals surface area contributed by atoms with Crippen molar-refractivity contribution in [2.75, 3.05) is 7.05 Å². The van der Waals surface area contributed by atoms with Crippen LogP contribution in [0.5, 0.6) is 0 Å². The third-order valence-corrected chi connectivity index (χ3v) is 4.58. The molecular formula is C14H17Br2N3. The Morgan fingerprint density at radius 2 is 2.00 bits per heavy atom. The second kappa shape index (κ2) is 6.68. The SMILES string of the molecule is CCn1ncc(Br)c1C(Cc1ccccc1Br)NC. The van der Waals surface area contributed by atoms with Crippen LogP contribution in [-0.4, -0.2) is 16.8 Å². The molecule has 1 unspecified atom stereocenters. The van der Waals surface area contributed by atoms with Gasteiger partial charge < -0.3 is 5.32 Å². The number of nitrogens with zero attached hydrogens (tertiary/aromatic N) is 2. The molecule has 0 amide bonds. The van der Waals surface area contributed by atoms with Crippen LogP contribution in [0, 0.1) is 0 Å². The van der Waals surface area contributed by atoms with Crippen LogP contribution in [0.3, 0.4) is 0 Å². The smallest absolute Gasteiger partial charge is 0.0698 e. The molecule has 0 fully saturated rings. The lowest BCUT2D eigenvalue weighted by molar-refractivity contribution is 0.511. The fraction of sp³-hybridized carbons (Fsp3) is 0.357. The molecule has 0 aliphatic rings. The zero-order chi connectivity index (χ0) is 13.8. The van der Waals surface area contributed by atoms with Gasteiger partial charge in [0.15, 0.2) is 0 Å². The lowest BCUT2D eigenvalue weighted by Gasteiger charge is -2.19. The van der Waals surface area contributed by atoms with Gasteiger partial charge in [-0.1, -0.05) is 34.1 Å². The molecule has 1 heterocycles. The van der Waals surface area contributed by atoms with Crippen molar-refractivity contribution in [2.24, 2.45) is 0 Å². The standard InChI is InChI=1S/C14H17Br2N3/c1-3-19-14(12(16)9-18-19)13(17-2)8-10-6-4-5-7-11(10)15/h4-7,9,13,17H,3,8H2,1-2H3. The van der Waals surface area contributed by atoms with Crippen molar-refractivity contribution in [1.29, 1.82) is 0 Å². The van der Waals surface area contributed by atoms with Gasteiger partial charge in [0, 0.05) is 11.0 Å². The first-order chi connectivity index (χ1) is 9.17. The minimum atomic E-state index is 0.232. The summed E-state index contributed by atoms with van der Waals surface area (Å²) in [5.74, 6) is 0. The number of hydrogen-bond acceptors (Lipinski definition) is 2. The van der Waals surface area contributed by atoms with Crippen LogP contribution in [0.1, 0.15) is 24.2 Å². The second-order valence-electron chi connectivity index (χ2n) is 4.33. The monoisotopic (exact) mass is 385 g/mol. The molecule has 0 aliphatic heterocycles. The van der Waals surface area contributed by atoms with Crippen LogP contribution < -0.4 is 5.32 Å². The number of likely N-dealkylation sites (N-methyl/N-ethyl adjacent to an activating group) is 1. The molecule has 0 radical (unpaired) electrons. The quantitative estimate of drug-likeness (QED) is 0.843. The Morgan fingerprint density at radius 1 is 1.26 bits per heavy atom. The highest BCUT2D eigenvalue weighted by molar-refractivity contribution is 9.10.